The van der Waals surface area contributed by atoms with E-state index in [-0.39, 0.29) is 17.1 Å². The van der Waals surface area contributed by atoms with Crippen LogP contribution in [0.1, 0.15) is 18.6 Å². The van der Waals surface area contributed by atoms with E-state index in [1.165, 1.54) is 26.4 Å². The van der Waals surface area contributed by atoms with Gasteiger partial charge in [0.2, 0.25) is 5.75 Å². The minimum atomic E-state index is -0.980. The molecule has 0 saturated carbocycles. The van der Waals surface area contributed by atoms with Crippen molar-refractivity contribution in [3.63, 3.8) is 0 Å². The molecule has 0 fully saturated rings. The molecule has 1 aromatic carbocycles. The third-order valence-corrected chi connectivity index (χ3v) is 3.42. The molecule has 118 valence electrons. The van der Waals surface area contributed by atoms with Gasteiger partial charge in [0.05, 0.1) is 7.11 Å². The molecule has 0 aliphatic heterocycles. The van der Waals surface area contributed by atoms with E-state index in [0.717, 1.165) is 0 Å². The van der Waals surface area contributed by atoms with Crippen molar-refractivity contribution in [2.24, 2.45) is 0 Å². The molecule has 2 N–H and O–H groups in total. The first-order chi connectivity index (χ1) is 10.4. The molecule has 0 bridgehead atoms. The van der Waals surface area contributed by atoms with Gasteiger partial charge in [-0.05, 0) is 24.6 Å². The second-order valence-corrected chi connectivity index (χ2v) is 4.97. The highest BCUT2D eigenvalue weighted by Gasteiger charge is 2.28. The van der Waals surface area contributed by atoms with E-state index in [4.69, 9.17) is 13.9 Å². The molecule has 0 spiro atoms. The maximum absolute atomic E-state index is 11.3. The molecule has 1 aromatic heterocycles. The number of methoxy groups -OCH3 is 2. The Morgan fingerprint density at radius 2 is 2.05 bits per heavy atom. The fraction of sp³-hybridized carbons (Fsp3) is 0.312. The van der Waals surface area contributed by atoms with Gasteiger partial charge in [0.15, 0.2) is 11.3 Å². The van der Waals surface area contributed by atoms with Crippen molar-refractivity contribution in [3.05, 3.63) is 46.3 Å². The van der Waals surface area contributed by atoms with E-state index < -0.39 is 17.8 Å². The molecular formula is C16H18O6. The van der Waals surface area contributed by atoms with Crippen molar-refractivity contribution in [2.45, 2.75) is 19.1 Å². The van der Waals surface area contributed by atoms with E-state index in [1.807, 2.05) is 0 Å². The fourth-order valence-corrected chi connectivity index (χ4v) is 2.31. The number of hydrogen-bond acceptors (Lipinski definition) is 6. The number of aliphatic hydroxyl groups excluding tert-OH is 1. The van der Waals surface area contributed by atoms with Crippen LogP contribution in [0.25, 0.3) is 11.0 Å². The zero-order valence-corrected chi connectivity index (χ0v) is 12.6. The third-order valence-electron chi connectivity index (χ3n) is 3.42. The van der Waals surface area contributed by atoms with Gasteiger partial charge in [-0.25, -0.2) is 4.79 Å². The summed E-state index contributed by atoms with van der Waals surface area (Å²) in [5, 5.41) is 21.0. The van der Waals surface area contributed by atoms with Crippen LogP contribution in [0.5, 0.6) is 11.5 Å². The zero-order chi connectivity index (χ0) is 16.4. The highest BCUT2D eigenvalue weighted by atomic mass is 16.5. The summed E-state index contributed by atoms with van der Waals surface area (Å²) < 4.78 is 15.5. The van der Waals surface area contributed by atoms with Gasteiger partial charge in [-0.15, -0.1) is 0 Å². The molecule has 1 heterocycles. The Hall–Kier alpha value is -2.31. The largest absolute Gasteiger partial charge is 0.502 e. The van der Waals surface area contributed by atoms with E-state index in [2.05, 4.69) is 6.58 Å². The van der Waals surface area contributed by atoms with E-state index in [0.29, 0.717) is 16.5 Å². The van der Waals surface area contributed by atoms with Crippen LogP contribution in [0.3, 0.4) is 0 Å². The van der Waals surface area contributed by atoms with Gasteiger partial charge in [-0.2, -0.15) is 0 Å². The molecule has 0 amide bonds. The van der Waals surface area contributed by atoms with Crippen LogP contribution in [-0.4, -0.2) is 30.5 Å². The first kappa shape index (κ1) is 16.1. The average molecular weight is 306 g/mol. The fourth-order valence-electron chi connectivity index (χ4n) is 2.31. The molecule has 6 nitrogen and oxygen atoms in total. The van der Waals surface area contributed by atoms with Gasteiger partial charge in [0.1, 0.15) is 12.2 Å². The highest BCUT2D eigenvalue weighted by molar-refractivity contribution is 5.86. The Morgan fingerprint density at radius 3 is 2.59 bits per heavy atom. The van der Waals surface area contributed by atoms with Crippen molar-refractivity contribution >= 4 is 11.0 Å². The van der Waals surface area contributed by atoms with Crippen LogP contribution in [0.4, 0.5) is 0 Å². The Labute approximate surface area is 127 Å². The Bertz CT molecular complexity index is 761. The van der Waals surface area contributed by atoms with Crippen molar-refractivity contribution in [1.82, 2.24) is 0 Å². The maximum atomic E-state index is 11.3. The first-order valence-electron chi connectivity index (χ1n) is 6.60. The average Bonchev–Trinajstić information content (AvgIpc) is 2.49. The molecule has 0 aliphatic carbocycles. The molecule has 6 heteroatoms. The molecule has 0 unspecified atom stereocenters. The molecule has 0 aliphatic rings. The van der Waals surface area contributed by atoms with Crippen LogP contribution < -0.4 is 10.4 Å². The molecule has 0 saturated heterocycles. The normalized spacial score (nSPS) is 13.8. The summed E-state index contributed by atoms with van der Waals surface area (Å²) in [6.45, 7) is 5.38. The number of ether oxygens (including phenoxy) is 2. The minimum Gasteiger partial charge on any atom is -0.502 e. The van der Waals surface area contributed by atoms with Gasteiger partial charge in [-0.3, -0.25) is 0 Å². The Kier molecular flexibility index (Phi) is 4.54. The summed E-state index contributed by atoms with van der Waals surface area (Å²) in [6, 6.07) is 4.40. The van der Waals surface area contributed by atoms with E-state index in [9.17, 15) is 15.0 Å². The molecular weight excluding hydrogens is 288 g/mol. The number of phenolic OH excluding ortho intramolecular Hbond substituents is 1. The molecule has 22 heavy (non-hydrogen) atoms. The van der Waals surface area contributed by atoms with Gasteiger partial charge in [0.25, 0.3) is 0 Å². The van der Waals surface area contributed by atoms with Crippen molar-refractivity contribution in [1.29, 1.82) is 0 Å². The Morgan fingerprint density at radius 1 is 1.36 bits per heavy atom. The predicted octanol–water partition coefficient (Wildman–Crippen LogP) is 2.13. The summed E-state index contributed by atoms with van der Waals surface area (Å²) in [7, 11) is 2.80. The summed E-state index contributed by atoms with van der Waals surface area (Å²) >= 11 is 0. The minimum absolute atomic E-state index is 0.0211. The number of hydrogen-bond donors (Lipinski definition) is 2. The SMILES string of the molecule is C=C(C)[C@H](O)[C@H](OC)c1cc2ccc(=O)oc2c(O)c1OC. The topological polar surface area (TPSA) is 89.1 Å². The molecule has 0 radical (unpaired) electrons. The van der Waals surface area contributed by atoms with Crippen LogP contribution >= 0.6 is 0 Å². The second-order valence-electron chi connectivity index (χ2n) is 4.97. The third kappa shape index (κ3) is 2.70. The second kappa shape index (κ2) is 6.21. The lowest BCUT2D eigenvalue weighted by Crippen LogP contribution is -2.21. The Balaban J connectivity index is 2.74. The van der Waals surface area contributed by atoms with Gasteiger partial charge in [0, 0.05) is 24.1 Å². The van der Waals surface area contributed by atoms with Crippen molar-refractivity contribution in [3.8, 4) is 11.5 Å². The van der Waals surface area contributed by atoms with Gasteiger partial charge < -0.3 is 24.1 Å². The van der Waals surface area contributed by atoms with Crippen molar-refractivity contribution in [2.75, 3.05) is 14.2 Å². The maximum Gasteiger partial charge on any atom is 0.336 e. The summed E-state index contributed by atoms with van der Waals surface area (Å²) in [4.78, 5) is 11.3. The smallest absolute Gasteiger partial charge is 0.336 e. The predicted molar refractivity (Wildman–Crippen MR) is 81.3 cm³/mol. The van der Waals surface area contributed by atoms with Gasteiger partial charge in [-0.1, -0.05) is 6.58 Å². The lowest BCUT2D eigenvalue weighted by Gasteiger charge is -2.24. The monoisotopic (exact) mass is 306 g/mol. The first-order valence-corrected chi connectivity index (χ1v) is 6.60. The number of benzene rings is 1. The molecule has 2 aromatic rings. The standard InChI is InChI=1S/C16H18O6/c1-8(2)12(18)15(20-3)10-7-9-5-6-11(17)22-14(9)13(19)16(10)21-4/h5-7,12,15,18-19H,1H2,2-4H3/t12-,15+/m0/s1. The molecule has 2 rings (SSSR count). The number of aliphatic hydroxyl groups is 1. The number of phenols is 1. The lowest BCUT2D eigenvalue weighted by atomic mass is 9.97. The number of rotatable bonds is 5. The van der Waals surface area contributed by atoms with Crippen LogP contribution in [0, 0.1) is 0 Å². The van der Waals surface area contributed by atoms with E-state index >= 15 is 0 Å². The quantitative estimate of drug-likeness (QED) is 0.650. The molecule has 2 atom stereocenters. The van der Waals surface area contributed by atoms with E-state index in [1.54, 1.807) is 13.0 Å². The van der Waals surface area contributed by atoms with Crippen molar-refractivity contribution < 1.29 is 24.1 Å². The summed E-state index contributed by atoms with van der Waals surface area (Å²) in [5.41, 5.74) is 0.378. The van der Waals surface area contributed by atoms with Crippen LogP contribution in [0.15, 0.2) is 39.6 Å². The van der Waals surface area contributed by atoms with Crippen LogP contribution in [0.2, 0.25) is 0 Å². The zero-order valence-electron chi connectivity index (χ0n) is 12.6. The number of fused-ring (bicyclic) bond motifs is 1. The highest BCUT2D eigenvalue weighted by Crippen LogP contribution is 2.42. The summed E-state index contributed by atoms with van der Waals surface area (Å²) in [5.74, 6) is -0.238. The number of aromatic hydroxyl groups is 1. The van der Waals surface area contributed by atoms with Crippen LogP contribution in [-0.2, 0) is 4.74 Å². The summed E-state index contributed by atoms with van der Waals surface area (Å²) in [6.07, 6.45) is -1.76. The lowest BCUT2D eigenvalue weighted by molar-refractivity contribution is 0.00412. The van der Waals surface area contributed by atoms with Gasteiger partial charge >= 0.3 is 5.63 Å².